The van der Waals surface area contributed by atoms with Gasteiger partial charge in [0.2, 0.25) is 11.8 Å². The van der Waals surface area contributed by atoms with Crippen LogP contribution in [0, 0.1) is 11.8 Å². The van der Waals surface area contributed by atoms with Gasteiger partial charge in [0.05, 0.1) is 0 Å². The third kappa shape index (κ3) is 3.04. The van der Waals surface area contributed by atoms with Gasteiger partial charge >= 0.3 is 0 Å². The van der Waals surface area contributed by atoms with Gasteiger partial charge in [0, 0.05) is 31.1 Å². The highest BCUT2D eigenvalue weighted by Gasteiger charge is 2.44. The fourth-order valence-electron chi connectivity index (χ4n) is 4.57. The van der Waals surface area contributed by atoms with Crippen LogP contribution in [0.3, 0.4) is 0 Å². The Bertz CT molecular complexity index is 819. The van der Waals surface area contributed by atoms with Crippen molar-refractivity contribution in [3.8, 4) is 0 Å². The summed E-state index contributed by atoms with van der Waals surface area (Å²) in [4.78, 5) is 37.8. The van der Waals surface area contributed by atoms with Crippen LogP contribution in [0.5, 0.6) is 0 Å². The normalized spacial score (nSPS) is 30.1. The van der Waals surface area contributed by atoms with E-state index in [0.29, 0.717) is 24.6 Å². The highest BCUT2D eigenvalue weighted by Crippen LogP contribution is 2.39. The van der Waals surface area contributed by atoms with E-state index in [2.05, 4.69) is 22.0 Å². The van der Waals surface area contributed by atoms with Gasteiger partial charge < -0.3 is 15.5 Å². The molecule has 4 aliphatic rings. The van der Waals surface area contributed by atoms with Crippen LogP contribution in [0.1, 0.15) is 40.7 Å². The van der Waals surface area contributed by atoms with Crippen molar-refractivity contribution in [2.75, 3.05) is 13.1 Å². The fourth-order valence-corrected chi connectivity index (χ4v) is 4.57. The number of fused-ring (bicyclic) bond motifs is 1. The van der Waals surface area contributed by atoms with Gasteiger partial charge in [-0.3, -0.25) is 19.7 Å². The highest BCUT2D eigenvalue weighted by atomic mass is 16.2. The summed E-state index contributed by atoms with van der Waals surface area (Å²) in [6, 6.07) is 6.02. The number of carbonyl (C=O) groups excluding carboxylic acids is 3. The minimum Gasteiger partial charge on any atom is -0.322 e. The zero-order chi connectivity index (χ0) is 18.5. The molecule has 3 heterocycles. The lowest BCUT2D eigenvalue weighted by Crippen LogP contribution is -2.52. The zero-order valence-electron chi connectivity index (χ0n) is 15.2. The van der Waals surface area contributed by atoms with Gasteiger partial charge in [0.15, 0.2) is 0 Å². The molecule has 1 aromatic carbocycles. The van der Waals surface area contributed by atoms with Gasteiger partial charge in [0.25, 0.3) is 5.91 Å². The molecule has 0 aromatic heterocycles. The maximum Gasteiger partial charge on any atom is 0.255 e. The summed E-state index contributed by atoms with van der Waals surface area (Å²) < 4.78 is 0. The van der Waals surface area contributed by atoms with Crippen LogP contribution in [-0.2, 0) is 22.7 Å². The smallest absolute Gasteiger partial charge is 0.255 e. The highest BCUT2D eigenvalue weighted by molar-refractivity contribution is 6.05. The Morgan fingerprint density at radius 1 is 1.19 bits per heavy atom. The summed E-state index contributed by atoms with van der Waals surface area (Å²) in [6.07, 6.45) is 1.95. The van der Waals surface area contributed by atoms with E-state index in [9.17, 15) is 14.4 Å². The monoisotopic (exact) mass is 368 g/mol. The first-order chi connectivity index (χ1) is 13.1. The van der Waals surface area contributed by atoms with Crippen LogP contribution in [0.15, 0.2) is 18.2 Å². The van der Waals surface area contributed by atoms with E-state index in [4.69, 9.17) is 0 Å². The van der Waals surface area contributed by atoms with E-state index in [1.165, 1.54) is 12.0 Å². The topological polar surface area (TPSA) is 90.5 Å². The first-order valence-corrected chi connectivity index (χ1v) is 9.81. The lowest BCUT2D eigenvalue weighted by atomic mass is 9.97. The molecule has 7 nitrogen and oxygen atoms in total. The Kier molecular flexibility index (Phi) is 4.02. The van der Waals surface area contributed by atoms with Crippen LogP contribution < -0.4 is 16.0 Å². The third-order valence-corrected chi connectivity index (χ3v) is 6.41. The van der Waals surface area contributed by atoms with Crippen molar-refractivity contribution in [2.24, 2.45) is 11.8 Å². The van der Waals surface area contributed by atoms with E-state index < -0.39 is 6.04 Å². The maximum atomic E-state index is 12.7. The molecule has 0 radical (unpaired) electrons. The molecule has 5 rings (SSSR count). The summed E-state index contributed by atoms with van der Waals surface area (Å²) in [5.41, 5.74) is 2.82. The minimum absolute atomic E-state index is 0.112. The van der Waals surface area contributed by atoms with Crippen LogP contribution in [-0.4, -0.2) is 47.8 Å². The lowest BCUT2D eigenvalue weighted by molar-refractivity contribution is -0.136. The minimum atomic E-state index is -0.549. The van der Waals surface area contributed by atoms with Crippen LogP contribution in [0.25, 0.3) is 0 Å². The van der Waals surface area contributed by atoms with Crippen LogP contribution in [0.2, 0.25) is 0 Å². The Labute approximate surface area is 157 Å². The molecule has 1 aliphatic carbocycles. The van der Waals surface area contributed by atoms with Crippen LogP contribution >= 0.6 is 0 Å². The summed E-state index contributed by atoms with van der Waals surface area (Å²) in [5.74, 6) is 0.913. The van der Waals surface area contributed by atoms with Gasteiger partial charge in [-0.1, -0.05) is 12.1 Å². The summed E-state index contributed by atoms with van der Waals surface area (Å²) in [5, 5.41) is 9.31. The van der Waals surface area contributed by atoms with Gasteiger partial charge in [-0.25, -0.2) is 0 Å². The SMILES string of the molecule is O=C1CCC(N2Cc3cc(CN[C@@H]4C[C@H]4C4CNC4)ccc3C2=O)C(=O)N1. The van der Waals surface area contributed by atoms with Gasteiger partial charge in [0.1, 0.15) is 6.04 Å². The van der Waals surface area contributed by atoms with E-state index in [1.807, 2.05) is 12.1 Å². The largest absolute Gasteiger partial charge is 0.322 e. The second kappa shape index (κ2) is 6.42. The molecule has 3 amide bonds. The Morgan fingerprint density at radius 2 is 2.04 bits per heavy atom. The third-order valence-electron chi connectivity index (χ3n) is 6.41. The number of nitrogens with zero attached hydrogens (tertiary/aromatic N) is 1. The molecular formula is C20H24N4O3. The van der Waals surface area contributed by atoms with Crippen molar-refractivity contribution >= 4 is 17.7 Å². The van der Waals surface area contributed by atoms with Crippen molar-refractivity contribution in [2.45, 2.75) is 44.4 Å². The molecule has 27 heavy (non-hydrogen) atoms. The molecule has 142 valence electrons. The number of carbonyl (C=O) groups is 3. The molecule has 1 aromatic rings. The molecule has 7 heteroatoms. The molecule has 0 spiro atoms. The maximum absolute atomic E-state index is 12.7. The second-order valence-corrected chi connectivity index (χ2v) is 8.20. The first-order valence-electron chi connectivity index (χ1n) is 9.81. The summed E-state index contributed by atoms with van der Waals surface area (Å²) in [7, 11) is 0. The second-order valence-electron chi connectivity index (χ2n) is 8.20. The standard InChI is InChI=1S/C20H24N4O3/c25-18-4-3-17(19(26)23-18)24-10-12-5-11(1-2-14(12)20(24)27)7-22-16-6-15(16)13-8-21-9-13/h1-2,5,13,15-17,21-22H,3-4,6-10H2,(H,23,25,26)/t15-,16+,17?/m0/s1. The van der Waals surface area contributed by atoms with E-state index in [1.54, 1.807) is 4.90 Å². The molecule has 2 saturated heterocycles. The summed E-state index contributed by atoms with van der Waals surface area (Å²) >= 11 is 0. The molecule has 3 fully saturated rings. The molecule has 1 saturated carbocycles. The number of benzene rings is 1. The predicted octanol–water partition coefficient (Wildman–Crippen LogP) is 0.145. The van der Waals surface area contributed by atoms with Gasteiger partial charge in [-0.05, 0) is 55.0 Å². The Hall–Kier alpha value is -2.25. The zero-order valence-corrected chi connectivity index (χ0v) is 15.2. The number of imide groups is 1. The van der Waals surface area contributed by atoms with E-state index in [-0.39, 0.29) is 24.1 Å². The van der Waals surface area contributed by atoms with Crippen molar-refractivity contribution in [1.29, 1.82) is 0 Å². The molecule has 3 N–H and O–H groups in total. The first kappa shape index (κ1) is 16.9. The van der Waals surface area contributed by atoms with Crippen molar-refractivity contribution < 1.29 is 14.4 Å². The molecule has 0 bridgehead atoms. The Balaban J connectivity index is 1.22. The molecule has 3 atom stereocenters. The predicted molar refractivity (Wildman–Crippen MR) is 97.6 cm³/mol. The number of amides is 3. The average Bonchev–Trinajstić information content (AvgIpc) is 3.27. The van der Waals surface area contributed by atoms with Gasteiger partial charge in [-0.15, -0.1) is 0 Å². The molecule has 3 aliphatic heterocycles. The number of nitrogens with one attached hydrogen (secondary N) is 3. The average molecular weight is 368 g/mol. The van der Waals surface area contributed by atoms with Crippen molar-refractivity contribution in [1.82, 2.24) is 20.9 Å². The van der Waals surface area contributed by atoms with Crippen molar-refractivity contribution in [3.63, 3.8) is 0 Å². The van der Waals surface area contributed by atoms with E-state index in [0.717, 1.165) is 37.0 Å². The fraction of sp³-hybridized carbons (Fsp3) is 0.550. The molecule has 1 unspecified atom stereocenters. The molecular weight excluding hydrogens is 344 g/mol. The Morgan fingerprint density at radius 3 is 2.78 bits per heavy atom. The number of hydrogen-bond acceptors (Lipinski definition) is 5. The number of piperidine rings is 1. The quantitative estimate of drug-likeness (QED) is 0.644. The number of hydrogen-bond donors (Lipinski definition) is 3. The van der Waals surface area contributed by atoms with Crippen LogP contribution in [0.4, 0.5) is 0 Å². The van der Waals surface area contributed by atoms with Gasteiger partial charge in [-0.2, -0.15) is 0 Å². The van der Waals surface area contributed by atoms with E-state index >= 15 is 0 Å². The number of rotatable bonds is 5. The summed E-state index contributed by atoms with van der Waals surface area (Å²) in [6.45, 7) is 3.55. The van der Waals surface area contributed by atoms with Crippen molar-refractivity contribution in [3.05, 3.63) is 34.9 Å². The lowest BCUT2D eigenvalue weighted by Gasteiger charge is -2.29.